The lowest BCUT2D eigenvalue weighted by molar-refractivity contribution is -0.125. The van der Waals surface area contributed by atoms with Crippen molar-refractivity contribution >= 4 is 28.4 Å². The van der Waals surface area contributed by atoms with Crippen molar-refractivity contribution < 1.29 is 9.59 Å². The molecule has 2 amide bonds. The number of hydrogen-bond acceptors (Lipinski definition) is 4. The predicted molar refractivity (Wildman–Crippen MR) is 118 cm³/mol. The first-order chi connectivity index (χ1) is 14.6. The van der Waals surface area contributed by atoms with Crippen molar-refractivity contribution in [3.63, 3.8) is 0 Å². The van der Waals surface area contributed by atoms with E-state index < -0.39 is 6.04 Å². The number of anilines is 1. The fourth-order valence-electron chi connectivity index (χ4n) is 3.96. The summed E-state index contributed by atoms with van der Waals surface area (Å²) in [5, 5.41) is 6.61. The first-order valence-electron chi connectivity index (χ1n) is 10.4. The number of amides is 2. The van der Waals surface area contributed by atoms with Crippen molar-refractivity contribution in [1.82, 2.24) is 10.3 Å². The summed E-state index contributed by atoms with van der Waals surface area (Å²) < 4.78 is 0. The van der Waals surface area contributed by atoms with Gasteiger partial charge in [0, 0.05) is 11.1 Å². The average molecular weight is 402 g/mol. The number of carbonyl (C=O) groups is 2. The fraction of sp³-hybridized carbons (Fsp3) is 0.292. The highest BCUT2D eigenvalue weighted by molar-refractivity contribution is 6.04. The van der Waals surface area contributed by atoms with Gasteiger partial charge in [0.15, 0.2) is 0 Å². The Morgan fingerprint density at radius 3 is 2.57 bits per heavy atom. The Morgan fingerprint density at radius 2 is 1.73 bits per heavy atom. The van der Waals surface area contributed by atoms with Gasteiger partial charge in [0.1, 0.15) is 0 Å². The van der Waals surface area contributed by atoms with E-state index in [1.807, 2.05) is 54.6 Å². The monoisotopic (exact) mass is 402 g/mol. The Bertz CT molecular complexity index is 1070. The summed E-state index contributed by atoms with van der Waals surface area (Å²) in [7, 11) is 0. The molecular weight excluding hydrogens is 376 g/mol. The van der Waals surface area contributed by atoms with Crippen LogP contribution in [0.5, 0.6) is 0 Å². The molecule has 1 aliphatic carbocycles. The van der Waals surface area contributed by atoms with Crippen LogP contribution in [0.1, 0.15) is 29.7 Å². The minimum Gasteiger partial charge on any atom is -0.346 e. The van der Waals surface area contributed by atoms with E-state index in [2.05, 4.69) is 10.6 Å². The highest BCUT2D eigenvalue weighted by Gasteiger charge is 2.20. The van der Waals surface area contributed by atoms with Crippen molar-refractivity contribution in [2.75, 3.05) is 11.9 Å². The van der Waals surface area contributed by atoms with Gasteiger partial charge in [-0.3, -0.25) is 14.6 Å². The topological polar surface area (TPSA) is 97.1 Å². The van der Waals surface area contributed by atoms with Gasteiger partial charge in [-0.15, -0.1) is 0 Å². The fourth-order valence-corrected chi connectivity index (χ4v) is 3.96. The van der Waals surface area contributed by atoms with Gasteiger partial charge < -0.3 is 16.4 Å². The average Bonchev–Trinajstić information content (AvgIpc) is 2.78. The molecule has 0 bridgehead atoms. The molecule has 154 valence electrons. The summed E-state index contributed by atoms with van der Waals surface area (Å²) in [6.45, 7) is -0.118. The number of aromatic nitrogens is 1. The largest absolute Gasteiger partial charge is 0.346 e. The van der Waals surface area contributed by atoms with Crippen LogP contribution in [0.15, 0.2) is 54.6 Å². The normalized spacial score (nSPS) is 14.0. The van der Waals surface area contributed by atoms with Crippen LogP contribution >= 0.6 is 0 Å². The molecule has 4 N–H and O–H groups in total. The molecule has 1 unspecified atom stereocenters. The number of nitrogens with two attached hydrogens (primary N) is 1. The summed E-state index contributed by atoms with van der Waals surface area (Å²) in [5.74, 6) is -0.602. The first kappa shape index (κ1) is 20.0. The number of nitrogens with one attached hydrogen (secondary N) is 2. The molecule has 30 heavy (non-hydrogen) atoms. The Balaban J connectivity index is 1.43. The van der Waals surface area contributed by atoms with Crippen molar-refractivity contribution in [1.29, 1.82) is 0 Å². The van der Waals surface area contributed by atoms with E-state index in [4.69, 9.17) is 10.7 Å². The second-order valence-corrected chi connectivity index (χ2v) is 7.70. The van der Waals surface area contributed by atoms with Crippen LogP contribution < -0.4 is 16.4 Å². The number of rotatable bonds is 6. The van der Waals surface area contributed by atoms with E-state index in [9.17, 15) is 9.59 Å². The lowest BCUT2D eigenvalue weighted by Crippen LogP contribution is -2.44. The third-order valence-electron chi connectivity index (χ3n) is 5.49. The van der Waals surface area contributed by atoms with E-state index in [0.29, 0.717) is 6.42 Å². The number of fused-ring (bicyclic) bond motifs is 2. The van der Waals surface area contributed by atoms with E-state index in [1.54, 1.807) is 0 Å². The van der Waals surface area contributed by atoms with Crippen LogP contribution in [-0.2, 0) is 28.9 Å². The Hall–Kier alpha value is -3.25. The molecule has 3 aromatic rings. The van der Waals surface area contributed by atoms with E-state index in [1.165, 1.54) is 0 Å². The molecule has 0 aliphatic heterocycles. The number of nitrogens with zero attached hydrogens (tertiary/aromatic N) is 1. The van der Waals surface area contributed by atoms with Gasteiger partial charge in [0.25, 0.3) is 0 Å². The zero-order valence-electron chi connectivity index (χ0n) is 16.9. The molecule has 6 heteroatoms. The summed E-state index contributed by atoms with van der Waals surface area (Å²) in [6.07, 6.45) is 4.45. The van der Waals surface area contributed by atoms with Crippen molar-refractivity contribution in [3.8, 4) is 0 Å². The van der Waals surface area contributed by atoms with Crippen molar-refractivity contribution in [2.45, 2.75) is 38.1 Å². The highest BCUT2D eigenvalue weighted by atomic mass is 16.2. The minimum atomic E-state index is -0.699. The van der Waals surface area contributed by atoms with Gasteiger partial charge in [-0.1, -0.05) is 48.5 Å². The molecule has 0 saturated heterocycles. The third kappa shape index (κ3) is 4.49. The van der Waals surface area contributed by atoms with Crippen LogP contribution in [0.25, 0.3) is 10.9 Å². The minimum absolute atomic E-state index is 0.118. The van der Waals surface area contributed by atoms with Gasteiger partial charge in [-0.25, -0.2) is 0 Å². The molecule has 0 fully saturated rings. The molecular formula is C24H26N4O2. The molecule has 6 nitrogen and oxygen atoms in total. The van der Waals surface area contributed by atoms with Gasteiger partial charge in [-0.2, -0.15) is 0 Å². The molecule has 2 aromatic carbocycles. The maximum Gasteiger partial charge on any atom is 0.243 e. The molecule has 1 heterocycles. The molecule has 4 rings (SSSR count). The van der Waals surface area contributed by atoms with Crippen LogP contribution in [0.4, 0.5) is 5.69 Å². The maximum absolute atomic E-state index is 12.6. The number of hydrogen-bond donors (Lipinski definition) is 3. The number of benzene rings is 2. The smallest absolute Gasteiger partial charge is 0.243 e. The second-order valence-electron chi connectivity index (χ2n) is 7.70. The van der Waals surface area contributed by atoms with Gasteiger partial charge in [-0.05, 0) is 49.3 Å². The zero-order valence-corrected chi connectivity index (χ0v) is 16.9. The molecule has 1 atom stereocenters. The van der Waals surface area contributed by atoms with Crippen molar-refractivity contribution in [2.24, 2.45) is 5.73 Å². The molecule has 0 radical (unpaired) electrons. The number of pyridine rings is 1. The summed E-state index contributed by atoms with van der Waals surface area (Å²) in [4.78, 5) is 29.7. The second kappa shape index (κ2) is 9.05. The quantitative estimate of drug-likeness (QED) is 0.591. The summed E-state index contributed by atoms with van der Waals surface area (Å²) >= 11 is 0. The Kier molecular flexibility index (Phi) is 6.05. The van der Waals surface area contributed by atoms with Crippen LogP contribution in [0.3, 0.4) is 0 Å². The van der Waals surface area contributed by atoms with Crippen molar-refractivity contribution in [3.05, 3.63) is 71.4 Å². The lowest BCUT2D eigenvalue weighted by Gasteiger charge is -2.21. The molecule has 1 aliphatic rings. The highest BCUT2D eigenvalue weighted by Crippen LogP contribution is 2.33. The first-order valence-corrected chi connectivity index (χ1v) is 10.4. The summed E-state index contributed by atoms with van der Waals surface area (Å²) in [6, 6.07) is 16.7. The van der Waals surface area contributed by atoms with E-state index in [0.717, 1.165) is 59.1 Å². The predicted octanol–water partition coefficient (Wildman–Crippen LogP) is 2.74. The number of carbonyl (C=O) groups excluding carboxylic acids is 2. The number of aryl methyl sites for hydroxylation is 1. The summed E-state index contributed by atoms with van der Waals surface area (Å²) in [5.41, 5.74) is 10.9. The van der Waals surface area contributed by atoms with Crippen LogP contribution in [0.2, 0.25) is 0 Å². The third-order valence-corrected chi connectivity index (χ3v) is 5.49. The number of para-hydroxylation sites is 1. The van der Waals surface area contributed by atoms with Crippen LogP contribution in [0, 0.1) is 0 Å². The zero-order chi connectivity index (χ0) is 20.9. The molecule has 0 spiro atoms. The standard InChI is InChI=1S/C24H26N4O2/c25-19(14-16-8-2-1-3-9-16)24(30)26-15-22(29)28-23-17-10-4-6-12-20(17)27-21-13-7-5-11-18(21)23/h1-4,6,8-10,12,19H,5,7,11,13-15,25H2,(H,26,30)(H,27,28,29). The van der Waals surface area contributed by atoms with E-state index in [-0.39, 0.29) is 18.4 Å². The maximum atomic E-state index is 12.6. The molecule has 1 aromatic heterocycles. The Labute approximate surface area is 175 Å². The SMILES string of the molecule is NC(Cc1ccccc1)C(=O)NCC(=O)Nc1c2c(nc3ccccc13)CCCC2. The van der Waals surface area contributed by atoms with Gasteiger partial charge in [0.2, 0.25) is 11.8 Å². The lowest BCUT2D eigenvalue weighted by atomic mass is 9.92. The molecule has 0 saturated carbocycles. The Morgan fingerprint density at radius 1 is 1.00 bits per heavy atom. The van der Waals surface area contributed by atoms with Crippen LogP contribution in [-0.4, -0.2) is 29.4 Å². The van der Waals surface area contributed by atoms with Gasteiger partial charge >= 0.3 is 0 Å². The van der Waals surface area contributed by atoms with E-state index >= 15 is 0 Å². The van der Waals surface area contributed by atoms with Gasteiger partial charge in [0.05, 0.1) is 23.8 Å².